The quantitative estimate of drug-likeness (QED) is 0.917. The molecule has 0 saturated carbocycles. The number of hydrogen-bond acceptors (Lipinski definition) is 6. The maximum absolute atomic E-state index is 12.0. The number of furan rings is 1. The molecule has 2 heterocycles. The van der Waals surface area contributed by atoms with Crippen LogP contribution in [0.3, 0.4) is 0 Å². The van der Waals surface area contributed by atoms with Gasteiger partial charge in [-0.15, -0.1) is 0 Å². The first kappa shape index (κ1) is 14.8. The van der Waals surface area contributed by atoms with Crippen molar-refractivity contribution in [2.75, 3.05) is 18.5 Å². The molecule has 108 valence electrons. The van der Waals surface area contributed by atoms with Crippen molar-refractivity contribution in [3.63, 3.8) is 0 Å². The highest BCUT2D eigenvalue weighted by Gasteiger charge is 2.17. The van der Waals surface area contributed by atoms with Gasteiger partial charge in [-0.3, -0.25) is 4.79 Å². The van der Waals surface area contributed by atoms with Gasteiger partial charge >= 0.3 is 0 Å². The summed E-state index contributed by atoms with van der Waals surface area (Å²) in [4.78, 5) is 18.2. The van der Waals surface area contributed by atoms with Crippen LogP contribution in [0.15, 0.2) is 16.7 Å². The molecule has 2 aromatic heterocycles. The molecule has 0 bridgehead atoms. The van der Waals surface area contributed by atoms with Crippen molar-refractivity contribution in [2.45, 2.75) is 19.9 Å². The van der Waals surface area contributed by atoms with E-state index in [1.165, 1.54) is 17.8 Å². The lowest BCUT2D eigenvalue weighted by atomic mass is 10.2. The van der Waals surface area contributed by atoms with Gasteiger partial charge in [0.1, 0.15) is 5.82 Å². The van der Waals surface area contributed by atoms with Gasteiger partial charge in [-0.1, -0.05) is 0 Å². The average molecular weight is 315 g/mol. The Morgan fingerprint density at radius 2 is 2.40 bits per heavy atom. The third-order valence-corrected chi connectivity index (χ3v) is 3.85. The van der Waals surface area contributed by atoms with Gasteiger partial charge in [0.25, 0.3) is 5.91 Å². The number of aryl methyl sites for hydroxylation is 1. The summed E-state index contributed by atoms with van der Waals surface area (Å²) in [7, 11) is 1.91. The molecule has 20 heavy (non-hydrogen) atoms. The van der Waals surface area contributed by atoms with Crippen molar-refractivity contribution in [3.05, 3.63) is 28.9 Å². The molecule has 0 aromatic carbocycles. The van der Waals surface area contributed by atoms with Crippen LogP contribution in [-0.2, 0) is 0 Å². The molecular weight excluding hydrogens is 300 g/mol. The number of nitrogens with one attached hydrogen (secondary N) is 1. The number of carbonyl (C=O) groups is 1. The van der Waals surface area contributed by atoms with Crippen molar-refractivity contribution in [2.24, 2.45) is 0 Å². The van der Waals surface area contributed by atoms with E-state index in [0.717, 1.165) is 11.0 Å². The van der Waals surface area contributed by atoms with E-state index in [4.69, 9.17) is 16.0 Å². The molecule has 2 aromatic rings. The lowest BCUT2D eigenvalue weighted by Gasteiger charge is -2.21. The van der Waals surface area contributed by atoms with E-state index < -0.39 is 0 Å². The van der Waals surface area contributed by atoms with Gasteiger partial charge in [0, 0.05) is 31.2 Å². The van der Waals surface area contributed by atoms with Gasteiger partial charge in [-0.2, -0.15) is 4.37 Å². The van der Waals surface area contributed by atoms with E-state index in [2.05, 4.69) is 14.7 Å². The average Bonchev–Trinajstić information content (AvgIpc) is 2.97. The molecule has 0 aliphatic heterocycles. The van der Waals surface area contributed by atoms with Crippen molar-refractivity contribution >= 4 is 34.2 Å². The molecule has 0 aliphatic carbocycles. The highest BCUT2D eigenvalue weighted by Crippen LogP contribution is 2.17. The highest BCUT2D eigenvalue weighted by atomic mass is 35.5. The second kappa shape index (κ2) is 6.23. The summed E-state index contributed by atoms with van der Waals surface area (Å²) in [6.07, 6.45) is 1.39. The predicted molar refractivity (Wildman–Crippen MR) is 78.6 cm³/mol. The Kier molecular flexibility index (Phi) is 4.61. The Morgan fingerprint density at radius 3 is 2.95 bits per heavy atom. The Bertz CT molecular complexity index is 598. The summed E-state index contributed by atoms with van der Waals surface area (Å²) in [5, 5.41) is 3.79. The number of hydrogen-bond donors (Lipinski definition) is 1. The molecule has 0 spiro atoms. The minimum atomic E-state index is -0.252. The molecule has 2 rings (SSSR count). The fraction of sp³-hybridized carbons (Fsp3) is 0.417. The van der Waals surface area contributed by atoms with E-state index in [0.29, 0.717) is 12.1 Å². The standard InChI is InChI=1S/C12H15ClN4O2S/c1-7(6-17(3)12-15-8(2)16-20-12)14-11(18)9-4-5-19-10(9)13/h4-5,7H,6H2,1-3H3,(H,14,18). The van der Waals surface area contributed by atoms with E-state index in [1.807, 2.05) is 25.8 Å². The van der Waals surface area contributed by atoms with E-state index in [9.17, 15) is 4.79 Å². The minimum Gasteiger partial charge on any atom is -0.452 e. The summed E-state index contributed by atoms with van der Waals surface area (Å²) in [5.74, 6) is 0.497. The van der Waals surface area contributed by atoms with Crippen LogP contribution >= 0.6 is 23.1 Å². The number of amides is 1. The number of halogens is 1. The van der Waals surface area contributed by atoms with E-state index in [1.54, 1.807) is 6.07 Å². The molecule has 1 N–H and O–H groups in total. The summed E-state index contributed by atoms with van der Waals surface area (Å²) in [5.41, 5.74) is 0.341. The minimum absolute atomic E-state index is 0.0670. The lowest BCUT2D eigenvalue weighted by Crippen LogP contribution is -2.40. The number of nitrogens with zero attached hydrogens (tertiary/aromatic N) is 3. The maximum atomic E-state index is 12.0. The van der Waals surface area contributed by atoms with Gasteiger partial charge in [0.15, 0.2) is 0 Å². The zero-order chi connectivity index (χ0) is 14.7. The SMILES string of the molecule is Cc1nsc(N(C)CC(C)NC(=O)c2ccoc2Cl)n1. The Labute approximate surface area is 125 Å². The Morgan fingerprint density at radius 1 is 1.65 bits per heavy atom. The smallest absolute Gasteiger partial charge is 0.256 e. The molecule has 8 heteroatoms. The summed E-state index contributed by atoms with van der Waals surface area (Å²) in [6.45, 7) is 4.38. The lowest BCUT2D eigenvalue weighted by molar-refractivity contribution is 0.0941. The van der Waals surface area contributed by atoms with Crippen LogP contribution in [0, 0.1) is 6.92 Å². The summed E-state index contributed by atoms with van der Waals surface area (Å²) >= 11 is 7.10. The maximum Gasteiger partial charge on any atom is 0.256 e. The normalized spacial score (nSPS) is 12.2. The van der Waals surface area contributed by atoms with Gasteiger partial charge in [-0.05, 0) is 31.5 Å². The van der Waals surface area contributed by atoms with Crippen LogP contribution in [-0.4, -0.2) is 34.9 Å². The summed E-state index contributed by atoms with van der Waals surface area (Å²) in [6, 6.07) is 1.48. The molecule has 1 amide bonds. The van der Waals surface area contributed by atoms with Gasteiger partial charge in [-0.25, -0.2) is 4.98 Å². The Hall–Kier alpha value is -1.60. The van der Waals surface area contributed by atoms with Crippen molar-refractivity contribution in [1.29, 1.82) is 0 Å². The van der Waals surface area contributed by atoms with Crippen LogP contribution in [0.25, 0.3) is 0 Å². The number of carbonyl (C=O) groups excluding carboxylic acids is 1. The molecule has 0 aliphatic rings. The molecule has 6 nitrogen and oxygen atoms in total. The van der Waals surface area contributed by atoms with E-state index >= 15 is 0 Å². The third kappa shape index (κ3) is 3.49. The first-order valence-corrected chi connectivity index (χ1v) is 7.18. The largest absolute Gasteiger partial charge is 0.452 e. The number of anilines is 1. The van der Waals surface area contributed by atoms with Gasteiger partial charge < -0.3 is 14.6 Å². The predicted octanol–water partition coefficient (Wildman–Crippen LogP) is 2.35. The van der Waals surface area contributed by atoms with E-state index in [-0.39, 0.29) is 17.2 Å². The number of aromatic nitrogens is 2. The van der Waals surface area contributed by atoms with Crippen LogP contribution in [0.4, 0.5) is 5.13 Å². The third-order valence-electron chi connectivity index (χ3n) is 2.63. The van der Waals surface area contributed by atoms with Crippen LogP contribution in [0.5, 0.6) is 0 Å². The molecular formula is C12H15ClN4O2S. The first-order chi connectivity index (χ1) is 9.47. The molecule has 1 unspecified atom stereocenters. The second-order valence-corrected chi connectivity index (χ2v) is 5.56. The zero-order valence-electron chi connectivity index (χ0n) is 11.4. The van der Waals surface area contributed by atoms with Crippen molar-refractivity contribution in [3.8, 4) is 0 Å². The topological polar surface area (TPSA) is 71.3 Å². The fourth-order valence-electron chi connectivity index (χ4n) is 1.73. The monoisotopic (exact) mass is 314 g/mol. The molecule has 1 atom stereocenters. The Balaban J connectivity index is 1.91. The molecule has 0 radical (unpaired) electrons. The summed E-state index contributed by atoms with van der Waals surface area (Å²) < 4.78 is 9.03. The molecule has 0 fully saturated rings. The van der Waals surface area contributed by atoms with Gasteiger partial charge in [0.05, 0.1) is 11.8 Å². The van der Waals surface area contributed by atoms with Gasteiger partial charge in [0.2, 0.25) is 10.4 Å². The van der Waals surface area contributed by atoms with Crippen molar-refractivity contribution < 1.29 is 9.21 Å². The van der Waals surface area contributed by atoms with Crippen LogP contribution < -0.4 is 10.2 Å². The highest BCUT2D eigenvalue weighted by molar-refractivity contribution is 7.09. The zero-order valence-corrected chi connectivity index (χ0v) is 13.0. The second-order valence-electron chi connectivity index (χ2n) is 4.49. The first-order valence-electron chi connectivity index (χ1n) is 6.02. The van der Waals surface area contributed by atoms with Crippen LogP contribution in [0.2, 0.25) is 5.22 Å². The number of rotatable bonds is 5. The van der Waals surface area contributed by atoms with Crippen LogP contribution in [0.1, 0.15) is 23.1 Å². The fourth-order valence-corrected chi connectivity index (χ4v) is 2.57. The number of likely N-dealkylation sites (N-methyl/N-ethyl adjacent to an activating group) is 1. The molecule has 0 saturated heterocycles. The van der Waals surface area contributed by atoms with Crippen molar-refractivity contribution in [1.82, 2.24) is 14.7 Å².